The molecular weight excluding hydrogens is 399 g/mol. The lowest BCUT2D eigenvalue weighted by Crippen LogP contribution is -2.45. The highest BCUT2D eigenvalue weighted by atomic mass is 35.5. The van der Waals surface area contributed by atoms with E-state index in [1.807, 2.05) is 0 Å². The molecule has 0 aliphatic carbocycles. The summed E-state index contributed by atoms with van der Waals surface area (Å²) in [6, 6.07) is 9.95. The van der Waals surface area contributed by atoms with Gasteiger partial charge in [-0.2, -0.15) is 0 Å². The lowest BCUT2D eigenvalue weighted by Gasteiger charge is -2.28. The van der Waals surface area contributed by atoms with Gasteiger partial charge in [0, 0.05) is 15.7 Å². The van der Waals surface area contributed by atoms with Gasteiger partial charge < -0.3 is 10.1 Å². The minimum atomic E-state index is -3.71. The van der Waals surface area contributed by atoms with Crippen molar-refractivity contribution < 1.29 is 17.9 Å². The van der Waals surface area contributed by atoms with Crippen molar-refractivity contribution in [2.24, 2.45) is 0 Å². The van der Waals surface area contributed by atoms with Crippen LogP contribution in [0.15, 0.2) is 42.5 Å². The summed E-state index contributed by atoms with van der Waals surface area (Å²) in [5, 5.41) is 3.34. The van der Waals surface area contributed by atoms with E-state index in [0.29, 0.717) is 27.2 Å². The van der Waals surface area contributed by atoms with E-state index in [9.17, 15) is 13.2 Å². The number of ether oxygens (including phenoxy) is 1. The van der Waals surface area contributed by atoms with Crippen LogP contribution in [-0.4, -0.2) is 33.7 Å². The van der Waals surface area contributed by atoms with E-state index in [1.165, 1.54) is 32.2 Å². The number of rotatable bonds is 6. The van der Waals surface area contributed by atoms with E-state index in [-0.39, 0.29) is 0 Å². The van der Waals surface area contributed by atoms with E-state index in [1.54, 1.807) is 24.3 Å². The molecule has 0 saturated carbocycles. The zero-order valence-corrected chi connectivity index (χ0v) is 16.7. The molecule has 0 saturated heterocycles. The maximum absolute atomic E-state index is 12.6. The monoisotopic (exact) mass is 416 g/mol. The van der Waals surface area contributed by atoms with E-state index in [2.05, 4.69) is 5.32 Å². The maximum Gasteiger partial charge on any atom is 0.247 e. The van der Waals surface area contributed by atoms with Gasteiger partial charge in [0.1, 0.15) is 11.8 Å². The van der Waals surface area contributed by atoms with Crippen LogP contribution in [0.1, 0.15) is 6.92 Å². The SMILES string of the molecule is COc1ccc(N([C@H](C)C(=O)Nc2cc(Cl)cc(Cl)c2)S(C)(=O)=O)cc1. The molecule has 2 aromatic rings. The number of nitrogens with one attached hydrogen (secondary N) is 1. The van der Waals surface area contributed by atoms with Gasteiger partial charge in [0.05, 0.1) is 19.1 Å². The fraction of sp³-hybridized carbons (Fsp3) is 0.235. The van der Waals surface area contributed by atoms with Crippen molar-refractivity contribution in [3.05, 3.63) is 52.5 Å². The molecule has 0 spiro atoms. The summed E-state index contributed by atoms with van der Waals surface area (Å²) in [4.78, 5) is 12.6. The molecule has 1 atom stereocenters. The first-order chi connectivity index (χ1) is 12.1. The van der Waals surface area contributed by atoms with E-state index in [4.69, 9.17) is 27.9 Å². The summed E-state index contributed by atoms with van der Waals surface area (Å²) in [6.45, 7) is 1.49. The second-order valence-electron chi connectivity index (χ2n) is 5.58. The molecular formula is C17H18Cl2N2O4S. The fourth-order valence-electron chi connectivity index (χ4n) is 2.41. The van der Waals surface area contributed by atoms with Crippen LogP contribution in [0.3, 0.4) is 0 Å². The second-order valence-corrected chi connectivity index (χ2v) is 8.31. The van der Waals surface area contributed by atoms with Crippen LogP contribution in [0.2, 0.25) is 10.0 Å². The van der Waals surface area contributed by atoms with Gasteiger partial charge in [-0.1, -0.05) is 23.2 Å². The Kier molecular flexibility index (Phi) is 6.39. The van der Waals surface area contributed by atoms with Gasteiger partial charge in [0.2, 0.25) is 15.9 Å². The van der Waals surface area contributed by atoms with E-state index in [0.717, 1.165) is 10.6 Å². The van der Waals surface area contributed by atoms with Crippen LogP contribution in [-0.2, 0) is 14.8 Å². The number of amides is 1. The molecule has 1 N–H and O–H groups in total. The third kappa shape index (κ3) is 5.03. The van der Waals surface area contributed by atoms with Crippen molar-refractivity contribution in [1.82, 2.24) is 0 Å². The van der Waals surface area contributed by atoms with Crippen molar-refractivity contribution in [3.8, 4) is 5.75 Å². The molecule has 9 heteroatoms. The molecule has 1 amide bonds. The van der Waals surface area contributed by atoms with Gasteiger partial charge in [-0.15, -0.1) is 0 Å². The highest BCUT2D eigenvalue weighted by Gasteiger charge is 2.29. The second kappa shape index (κ2) is 8.16. The van der Waals surface area contributed by atoms with Gasteiger partial charge in [-0.05, 0) is 49.4 Å². The van der Waals surface area contributed by atoms with Gasteiger partial charge in [0.25, 0.3) is 0 Å². The molecule has 6 nitrogen and oxygen atoms in total. The van der Waals surface area contributed by atoms with Gasteiger partial charge in [-0.25, -0.2) is 8.42 Å². The van der Waals surface area contributed by atoms with Crippen molar-refractivity contribution in [2.75, 3.05) is 23.0 Å². The van der Waals surface area contributed by atoms with Crippen LogP contribution in [0, 0.1) is 0 Å². The van der Waals surface area contributed by atoms with Crippen LogP contribution in [0.4, 0.5) is 11.4 Å². The molecule has 0 aliphatic rings. The number of hydrogen-bond donors (Lipinski definition) is 1. The van der Waals surface area contributed by atoms with Crippen molar-refractivity contribution in [2.45, 2.75) is 13.0 Å². The zero-order chi connectivity index (χ0) is 19.5. The topological polar surface area (TPSA) is 75.7 Å². The molecule has 2 aromatic carbocycles. The number of nitrogens with zero attached hydrogens (tertiary/aromatic N) is 1. The lowest BCUT2D eigenvalue weighted by molar-refractivity contribution is -0.116. The molecule has 26 heavy (non-hydrogen) atoms. The van der Waals surface area contributed by atoms with Crippen LogP contribution in [0.5, 0.6) is 5.75 Å². The summed E-state index contributed by atoms with van der Waals surface area (Å²) in [5.74, 6) is 0.0532. The summed E-state index contributed by atoms with van der Waals surface area (Å²) in [5.41, 5.74) is 0.725. The molecule has 0 aromatic heterocycles. The first kappa shape index (κ1) is 20.4. The first-order valence-electron chi connectivity index (χ1n) is 7.52. The zero-order valence-electron chi connectivity index (χ0n) is 14.4. The Balaban J connectivity index is 2.30. The number of carbonyl (C=O) groups is 1. The molecule has 0 unspecified atom stereocenters. The lowest BCUT2D eigenvalue weighted by atomic mass is 10.2. The third-order valence-corrected chi connectivity index (χ3v) is 5.22. The predicted octanol–water partition coefficient (Wildman–Crippen LogP) is 3.80. The maximum atomic E-state index is 12.6. The number of sulfonamides is 1. The number of carbonyl (C=O) groups excluding carboxylic acids is 1. The number of benzene rings is 2. The minimum Gasteiger partial charge on any atom is -0.497 e. The Bertz CT molecular complexity index is 881. The standard InChI is InChI=1S/C17H18Cl2N2O4S/c1-11(17(22)20-14-9-12(18)8-13(19)10-14)21(26(3,23)24)15-4-6-16(25-2)7-5-15/h4-11H,1-3H3,(H,20,22)/t11-/m1/s1. The molecule has 0 bridgehead atoms. The van der Waals surface area contributed by atoms with Crippen LogP contribution >= 0.6 is 23.2 Å². The van der Waals surface area contributed by atoms with Crippen LogP contribution in [0.25, 0.3) is 0 Å². The Morgan fingerprint density at radius 3 is 2.12 bits per heavy atom. The largest absolute Gasteiger partial charge is 0.497 e. The van der Waals surface area contributed by atoms with Gasteiger partial charge in [-0.3, -0.25) is 9.10 Å². The summed E-state index contributed by atoms with van der Waals surface area (Å²) < 4.78 is 30.6. The highest BCUT2D eigenvalue weighted by molar-refractivity contribution is 7.92. The Morgan fingerprint density at radius 2 is 1.65 bits per heavy atom. The van der Waals surface area contributed by atoms with E-state index >= 15 is 0 Å². The number of methoxy groups -OCH3 is 1. The average Bonchev–Trinajstić information content (AvgIpc) is 2.53. The van der Waals surface area contributed by atoms with Crippen molar-refractivity contribution in [1.29, 1.82) is 0 Å². The fourth-order valence-corrected chi connectivity index (χ4v) is 4.11. The molecule has 0 heterocycles. The van der Waals surface area contributed by atoms with Crippen molar-refractivity contribution in [3.63, 3.8) is 0 Å². The van der Waals surface area contributed by atoms with E-state index < -0.39 is 22.0 Å². The molecule has 0 fully saturated rings. The van der Waals surface area contributed by atoms with Crippen LogP contribution < -0.4 is 14.4 Å². The Morgan fingerprint density at radius 1 is 1.12 bits per heavy atom. The molecule has 2 rings (SSSR count). The molecule has 0 aliphatic heterocycles. The summed E-state index contributed by atoms with van der Waals surface area (Å²) in [6.07, 6.45) is 1.04. The Hall–Kier alpha value is -1.96. The smallest absolute Gasteiger partial charge is 0.247 e. The molecule has 140 valence electrons. The van der Waals surface area contributed by atoms with Gasteiger partial charge in [0.15, 0.2) is 0 Å². The molecule has 0 radical (unpaired) electrons. The number of hydrogen-bond acceptors (Lipinski definition) is 4. The quantitative estimate of drug-likeness (QED) is 0.776. The summed E-state index contributed by atoms with van der Waals surface area (Å²) >= 11 is 11.8. The number of halogens is 2. The minimum absolute atomic E-state index is 0.347. The predicted molar refractivity (Wildman–Crippen MR) is 105 cm³/mol. The third-order valence-electron chi connectivity index (χ3n) is 3.55. The first-order valence-corrected chi connectivity index (χ1v) is 10.1. The normalized spacial score (nSPS) is 12.3. The van der Waals surface area contributed by atoms with Gasteiger partial charge >= 0.3 is 0 Å². The average molecular weight is 417 g/mol. The Labute approximate surface area is 162 Å². The van der Waals surface area contributed by atoms with Crippen molar-refractivity contribution >= 4 is 50.5 Å². The number of anilines is 2. The summed E-state index contributed by atoms with van der Waals surface area (Å²) in [7, 11) is -2.20. The highest BCUT2D eigenvalue weighted by Crippen LogP contribution is 2.26.